The number of non-ortho nitro benzene ring substituents is 1. The molecular formula is C20H17N3O3S. The van der Waals surface area contributed by atoms with Crippen LogP contribution >= 0.6 is 11.3 Å². The molecule has 2 aromatic carbocycles. The smallest absolute Gasteiger partial charge is 0.269 e. The summed E-state index contributed by atoms with van der Waals surface area (Å²) in [7, 11) is 0. The van der Waals surface area contributed by atoms with E-state index >= 15 is 0 Å². The summed E-state index contributed by atoms with van der Waals surface area (Å²) >= 11 is 1.64. The maximum atomic E-state index is 12.7. The number of fused-ring (bicyclic) bond motifs is 1. The highest BCUT2D eigenvalue weighted by atomic mass is 32.1. The Labute approximate surface area is 159 Å². The lowest BCUT2D eigenvalue weighted by Crippen LogP contribution is -2.28. The van der Waals surface area contributed by atoms with Crippen LogP contribution in [-0.2, 0) is 4.79 Å². The van der Waals surface area contributed by atoms with Crippen LogP contribution in [0.1, 0.15) is 29.5 Å². The number of nitro benzene ring substituents is 1. The summed E-state index contributed by atoms with van der Waals surface area (Å²) in [6.45, 7) is 0.712. The van der Waals surface area contributed by atoms with Crippen molar-refractivity contribution >= 4 is 39.2 Å². The van der Waals surface area contributed by atoms with Gasteiger partial charge in [0.05, 0.1) is 21.2 Å². The molecule has 0 saturated carbocycles. The number of hydrogen-bond donors (Lipinski definition) is 0. The highest BCUT2D eigenvalue weighted by molar-refractivity contribution is 7.18. The number of thiazole rings is 1. The number of aromatic nitrogens is 1. The second-order valence-electron chi connectivity index (χ2n) is 6.39. The number of amides is 1. The molecule has 4 rings (SSSR count). The van der Waals surface area contributed by atoms with Crippen LogP contribution in [0.5, 0.6) is 0 Å². The van der Waals surface area contributed by atoms with Crippen LogP contribution in [0.25, 0.3) is 16.3 Å². The summed E-state index contributed by atoms with van der Waals surface area (Å²) in [6.07, 6.45) is 5.10. The second kappa shape index (κ2) is 7.28. The lowest BCUT2D eigenvalue weighted by atomic mass is 10.2. The zero-order valence-electron chi connectivity index (χ0n) is 14.4. The van der Waals surface area contributed by atoms with Crippen molar-refractivity contribution in [1.82, 2.24) is 9.88 Å². The van der Waals surface area contributed by atoms with Crippen molar-refractivity contribution in [2.75, 3.05) is 6.54 Å². The van der Waals surface area contributed by atoms with Gasteiger partial charge in [-0.15, -0.1) is 11.3 Å². The van der Waals surface area contributed by atoms with Gasteiger partial charge in [-0.05, 0) is 48.7 Å². The largest absolute Gasteiger partial charge is 0.330 e. The lowest BCUT2D eigenvalue weighted by molar-refractivity contribution is -0.384. The summed E-state index contributed by atoms with van der Waals surface area (Å²) in [5.74, 6) is -0.0601. The average Bonchev–Trinajstić information content (AvgIpc) is 3.32. The minimum absolute atomic E-state index is 0.0106. The number of benzene rings is 2. The van der Waals surface area contributed by atoms with Crippen molar-refractivity contribution in [2.24, 2.45) is 0 Å². The Morgan fingerprint density at radius 2 is 2.00 bits per heavy atom. The first-order valence-corrected chi connectivity index (χ1v) is 9.52. The molecule has 6 nitrogen and oxygen atoms in total. The van der Waals surface area contributed by atoms with Crippen LogP contribution in [0, 0.1) is 10.1 Å². The minimum Gasteiger partial charge on any atom is -0.330 e. The van der Waals surface area contributed by atoms with Gasteiger partial charge < -0.3 is 4.90 Å². The summed E-state index contributed by atoms with van der Waals surface area (Å²) in [6, 6.07) is 14.2. The van der Waals surface area contributed by atoms with Crippen molar-refractivity contribution in [1.29, 1.82) is 0 Å². The fourth-order valence-electron chi connectivity index (χ4n) is 3.29. The Kier molecular flexibility index (Phi) is 4.68. The normalized spacial score (nSPS) is 17.0. The van der Waals surface area contributed by atoms with E-state index in [-0.39, 0.29) is 17.6 Å². The third-order valence-electron chi connectivity index (χ3n) is 4.65. The van der Waals surface area contributed by atoms with Crippen molar-refractivity contribution in [2.45, 2.75) is 18.9 Å². The summed E-state index contributed by atoms with van der Waals surface area (Å²) in [4.78, 5) is 29.5. The van der Waals surface area contributed by atoms with E-state index in [2.05, 4.69) is 0 Å². The number of carbonyl (C=O) groups is 1. The van der Waals surface area contributed by atoms with E-state index in [0.717, 1.165) is 33.6 Å². The van der Waals surface area contributed by atoms with Crippen LogP contribution in [0.4, 0.5) is 5.69 Å². The van der Waals surface area contributed by atoms with Gasteiger partial charge in [0.25, 0.3) is 5.69 Å². The zero-order valence-corrected chi connectivity index (χ0v) is 15.3. The van der Waals surface area contributed by atoms with Gasteiger partial charge in [-0.3, -0.25) is 14.9 Å². The molecule has 1 fully saturated rings. The molecule has 0 aliphatic carbocycles. The molecule has 136 valence electrons. The molecule has 1 aromatic heterocycles. The number of nitrogens with zero attached hydrogens (tertiary/aromatic N) is 3. The van der Waals surface area contributed by atoms with Crippen molar-refractivity contribution < 1.29 is 9.72 Å². The number of hydrogen-bond acceptors (Lipinski definition) is 5. The predicted molar refractivity (Wildman–Crippen MR) is 105 cm³/mol. The number of likely N-dealkylation sites (tertiary alicyclic amines) is 1. The number of carbonyl (C=O) groups excluding carboxylic acids is 1. The Morgan fingerprint density at radius 3 is 2.74 bits per heavy atom. The van der Waals surface area contributed by atoms with Gasteiger partial charge in [-0.25, -0.2) is 4.98 Å². The molecule has 1 saturated heterocycles. The highest BCUT2D eigenvalue weighted by Gasteiger charge is 2.31. The molecule has 3 aromatic rings. The van der Waals surface area contributed by atoms with Gasteiger partial charge >= 0.3 is 0 Å². The molecule has 0 radical (unpaired) electrons. The maximum absolute atomic E-state index is 12.7. The van der Waals surface area contributed by atoms with Gasteiger partial charge in [0.15, 0.2) is 0 Å². The van der Waals surface area contributed by atoms with Crippen LogP contribution in [-0.4, -0.2) is 27.3 Å². The Hall–Kier alpha value is -3.06. The highest BCUT2D eigenvalue weighted by Crippen LogP contribution is 2.36. The minimum atomic E-state index is -0.439. The first kappa shape index (κ1) is 17.4. The topological polar surface area (TPSA) is 76.3 Å². The Balaban J connectivity index is 1.51. The van der Waals surface area contributed by atoms with Gasteiger partial charge in [0.1, 0.15) is 5.01 Å². The van der Waals surface area contributed by atoms with Crippen molar-refractivity contribution in [3.05, 3.63) is 75.3 Å². The average molecular weight is 379 g/mol. The van der Waals surface area contributed by atoms with Crippen molar-refractivity contribution in [3.63, 3.8) is 0 Å². The van der Waals surface area contributed by atoms with Crippen LogP contribution in [0.15, 0.2) is 54.6 Å². The number of rotatable bonds is 4. The predicted octanol–water partition coefficient (Wildman–Crippen LogP) is 4.58. The monoisotopic (exact) mass is 379 g/mol. The number of para-hydroxylation sites is 1. The van der Waals surface area contributed by atoms with Gasteiger partial charge in [-0.2, -0.15) is 0 Å². The Morgan fingerprint density at radius 1 is 1.22 bits per heavy atom. The van der Waals surface area contributed by atoms with Crippen LogP contribution < -0.4 is 0 Å². The van der Waals surface area contributed by atoms with Crippen LogP contribution in [0.3, 0.4) is 0 Å². The van der Waals surface area contributed by atoms with E-state index in [9.17, 15) is 14.9 Å². The van der Waals surface area contributed by atoms with Gasteiger partial charge in [0, 0.05) is 24.8 Å². The van der Waals surface area contributed by atoms with E-state index in [1.165, 1.54) is 18.2 Å². The second-order valence-corrected chi connectivity index (χ2v) is 7.45. The third-order valence-corrected chi connectivity index (χ3v) is 5.79. The number of nitro groups is 1. The third kappa shape index (κ3) is 3.59. The molecule has 2 heterocycles. The van der Waals surface area contributed by atoms with E-state index in [1.807, 2.05) is 29.2 Å². The maximum Gasteiger partial charge on any atom is 0.269 e. The molecule has 0 spiro atoms. The fraction of sp³-hybridized carbons (Fsp3) is 0.200. The first-order valence-electron chi connectivity index (χ1n) is 8.70. The fourth-order valence-corrected chi connectivity index (χ4v) is 4.41. The molecule has 1 atom stereocenters. The summed E-state index contributed by atoms with van der Waals surface area (Å²) in [5, 5.41) is 11.7. The van der Waals surface area contributed by atoms with Crippen LogP contribution in [0.2, 0.25) is 0 Å². The van der Waals surface area contributed by atoms with Gasteiger partial charge in [-0.1, -0.05) is 12.1 Å². The van der Waals surface area contributed by atoms with E-state index in [0.29, 0.717) is 6.54 Å². The van der Waals surface area contributed by atoms with Gasteiger partial charge in [0.2, 0.25) is 5.91 Å². The molecule has 27 heavy (non-hydrogen) atoms. The molecule has 1 aliphatic rings. The quantitative estimate of drug-likeness (QED) is 0.378. The molecule has 0 bridgehead atoms. The molecule has 7 heteroatoms. The molecule has 1 aliphatic heterocycles. The summed E-state index contributed by atoms with van der Waals surface area (Å²) in [5.41, 5.74) is 1.76. The summed E-state index contributed by atoms with van der Waals surface area (Å²) < 4.78 is 1.13. The Bertz CT molecular complexity index is 993. The first-order chi connectivity index (χ1) is 13.1. The molecule has 0 N–H and O–H groups in total. The standard InChI is InChI=1S/C20H17N3O3S/c24-19(12-9-14-7-10-15(11-8-14)23(25)26)22-13-3-5-17(22)20-21-16-4-1-2-6-18(16)27-20/h1-2,4,6-12,17H,3,5,13H2. The SMILES string of the molecule is O=C(C=Cc1ccc([N+](=O)[O-])cc1)N1CCCC1c1nc2ccccc2s1. The molecule has 1 amide bonds. The molecule has 1 unspecified atom stereocenters. The van der Waals surface area contributed by atoms with E-state index in [4.69, 9.17) is 4.98 Å². The van der Waals surface area contributed by atoms with E-state index in [1.54, 1.807) is 29.5 Å². The lowest BCUT2D eigenvalue weighted by Gasteiger charge is -2.21. The molecular weight excluding hydrogens is 362 g/mol. The van der Waals surface area contributed by atoms with E-state index < -0.39 is 4.92 Å². The zero-order chi connectivity index (χ0) is 18.8. The van der Waals surface area contributed by atoms with Crippen molar-refractivity contribution in [3.8, 4) is 0 Å².